The fourth-order valence-electron chi connectivity index (χ4n) is 2.37. The van der Waals surface area contributed by atoms with Gasteiger partial charge in [-0.1, -0.05) is 19.9 Å². The van der Waals surface area contributed by atoms with Crippen LogP contribution in [0, 0.1) is 6.92 Å². The maximum absolute atomic E-state index is 9.58. The summed E-state index contributed by atoms with van der Waals surface area (Å²) in [5.41, 5.74) is 8.05. The summed E-state index contributed by atoms with van der Waals surface area (Å²) in [6, 6.07) is 5.93. The van der Waals surface area contributed by atoms with E-state index < -0.39 is 0 Å². The molecule has 3 aromatic rings. The van der Waals surface area contributed by atoms with Gasteiger partial charge in [0.05, 0.1) is 17.6 Å². The highest BCUT2D eigenvalue weighted by Crippen LogP contribution is 2.27. The minimum Gasteiger partial charge on any atom is -0.395 e. The van der Waals surface area contributed by atoms with Crippen LogP contribution in [0.2, 0.25) is 0 Å². The highest BCUT2D eigenvalue weighted by molar-refractivity contribution is 5.78. The van der Waals surface area contributed by atoms with Gasteiger partial charge in [0.25, 0.3) is 0 Å². The van der Waals surface area contributed by atoms with Gasteiger partial charge in [0.2, 0.25) is 11.9 Å². The molecule has 0 fully saturated rings. The maximum Gasteiger partial charge on any atom is 0.240 e. The van der Waals surface area contributed by atoms with Gasteiger partial charge in [0, 0.05) is 5.41 Å². The van der Waals surface area contributed by atoms with Gasteiger partial charge in [-0.05, 0) is 24.6 Å². The van der Waals surface area contributed by atoms with Crippen molar-refractivity contribution < 1.29 is 5.11 Å². The Bertz CT molecular complexity index is 839. The number of benzene rings is 1. The Kier molecular flexibility index (Phi) is 3.29. The molecule has 0 atom stereocenters. The molecule has 7 heteroatoms. The zero-order chi connectivity index (χ0) is 15.9. The second-order valence-electron chi connectivity index (χ2n) is 5.88. The van der Waals surface area contributed by atoms with Gasteiger partial charge in [-0.3, -0.25) is 4.57 Å². The lowest BCUT2D eigenvalue weighted by Gasteiger charge is -2.22. The summed E-state index contributed by atoms with van der Waals surface area (Å²) in [5.74, 6) is 1.36. The van der Waals surface area contributed by atoms with Gasteiger partial charge in [-0.25, -0.2) is 15.0 Å². The van der Waals surface area contributed by atoms with Gasteiger partial charge < -0.3 is 10.8 Å². The first-order valence-corrected chi connectivity index (χ1v) is 6.98. The quantitative estimate of drug-likeness (QED) is 0.757. The van der Waals surface area contributed by atoms with Crippen molar-refractivity contribution in [2.75, 3.05) is 12.3 Å². The van der Waals surface area contributed by atoms with Gasteiger partial charge in [0.1, 0.15) is 12.2 Å². The standard InChI is InChI=1S/C15H18N6O/c1-9-19-11-5-4-10(15(2,3)7-22)6-12(11)21(9)14-18-8-17-13(16)20-14/h4-6,8,22H,7H2,1-3H3,(H2,16,17,18,20). The van der Waals surface area contributed by atoms with Crippen molar-refractivity contribution in [3.05, 3.63) is 35.9 Å². The van der Waals surface area contributed by atoms with Crippen molar-refractivity contribution in [1.29, 1.82) is 0 Å². The van der Waals surface area contributed by atoms with Gasteiger partial charge >= 0.3 is 0 Å². The largest absolute Gasteiger partial charge is 0.395 e. The van der Waals surface area contributed by atoms with Gasteiger partial charge in [-0.15, -0.1) is 0 Å². The van der Waals surface area contributed by atoms with Crippen LogP contribution < -0.4 is 5.73 Å². The van der Waals surface area contributed by atoms with Crippen molar-refractivity contribution >= 4 is 17.0 Å². The van der Waals surface area contributed by atoms with Crippen molar-refractivity contribution in [3.8, 4) is 5.95 Å². The van der Waals surface area contributed by atoms with Crippen LogP contribution >= 0.6 is 0 Å². The third kappa shape index (κ3) is 2.29. The molecule has 1 aromatic carbocycles. The Labute approximate surface area is 127 Å². The fraction of sp³-hybridized carbons (Fsp3) is 0.333. The maximum atomic E-state index is 9.58. The molecule has 0 aliphatic rings. The van der Waals surface area contributed by atoms with Gasteiger partial charge in [0.15, 0.2) is 0 Å². The molecule has 2 heterocycles. The molecule has 0 saturated carbocycles. The lowest BCUT2D eigenvalue weighted by atomic mass is 9.85. The molecule has 0 unspecified atom stereocenters. The van der Waals surface area contributed by atoms with Crippen LogP contribution in [-0.2, 0) is 5.41 Å². The van der Waals surface area contributed by atoms with Crippen molar-refractivity contribution in [2.24, 2.45) is 0 Å². The van der Waals surface area contributed by atoms with Crippen molar-refractivity contribution in [2.45, 2.75) is 26.2 Å². The predicted molar refractivity (Wildman–Crippen MR) is 83.7 cm³/mol. The fourth-order valence-corrected chi connectivity index (χ4v) is 2.37. The second-order valence-corrected chi connectivity index (χ2v) is 5.88. The molecular formula is C15H18N6O. The van der Waals surface area contributed by atoms with Crippen LogP contribution in [-0.4, -0.2) is 36.2 Å². The smallest absolute Gasteiger partial charge is 0.240 e. The van der Waals surface area contributed by atoms with E-state index in [0.717, 1.165) is 22.4 Å². The van der Waals surface area contributed by atoms with Crippen molar-refractivity contribution in [1.82, 2.24) is 24.5 Å². The zero-order valence-electron chi connectivity index (χ0n) is 12.8. The Balaban J connectivity index is 2.26. The van der Waals surface area contributed by atoms with E-state index in [1.54, 1.807) is 0 Å². The molecule has 3 rings (SSSR count). The number of nitrogens with zero attached hydrogens (tertiary/aromatic N) is 5. The molecule has 0 bridgehead atoms. The van der Waals surface area contributed by atoms with E-state index in [2.05, 4.69) is 19.9 Å². The number of rotatable bonds is 3. The lowest BCUT2D eigenvalue weighted by molar-refractivity contribution is 0.218. The number of anilines is 1. The molecule has 0 amide bonds. The predicted octanol–water partition coefficient (Wildman–Crippen LogP) is 1.37. The Hall–Kier alpha value is -2.54. The van der Waals surface area contributed by atoms with Crippen LogP contribution in [0.4, 0.5) is 5.95 Å². The van der Waals surface area contributed by atoms with E-state index in [0.29, 0.717) is 5.95 Å². The summed E-state index contributed by atoms with van der Waals surface area (Å²) in [5, 5.41) is 9.58. The minimum absolute atomic E-state index is 0.0599. The van der Waals surface area contributed by atoms with Crippen molar-refractivity contribution in [3.63, 3.8) is 0 Å². The molecule has 114 valence electrons. The summed E-state index contributed by atoms with van der Waals surface area (Å²) in [4.78, 5) is 16.7. The first-order valence-electron chi connectivity index (χ1n) is 6.98. The van der Waals surface area contributed by atoms with Crippen LogP contribution in [0.1, 0.15) is 25.2 Å². The van der Waals surface area contributed by atoms with E-state index >= 15 is 0 Å². The Morgan fingerprint density at radius 2 is 2.00 bits per heavy atom. The summed E-state index contributed by atoms with van der Waals surface area (Å²) >= 11 is 0. The number of fused-ring (bicyclic) bond motifs is 1. The van der Waals surface area contributed by atoms with E-state index in [1.807, 2.05) is 43.5 Å². The third-order valence-corrected chi connectivity index (χ3v) is 3.78. The van der Waals surface area contributed by atoms with Crippen LogP contribution in [0.15, 0.2) is 24.5 Å². The summed E-state index contributed by atoms with van der Waals surface area (Å²) < 4.78 is 1.84. The molecular weight excluding hydrogens is 280 g/mol. The van der Waals surface area contributed by atoms with Crippen LogP contribution in [0.3, 0.4) is 0 Å². The molecule has 0 saturated heterocycles. The molecule has 0 aliphatic carbocycles. The lowest BCUT2D eigenvalue weighted by Crippen LogP contribution is -2.21. The molecule has 0 spiro atoms. The number of aryl methyl sites for hydroxylation is 1. The zero-order valence-corrected chi connectivity index (χ0v) is 12.8. The van der Waals surface area contributed by atoms with E-state index in [9.17, 15) is 5.11 Å². The number of aromatic nitrogens is 5. The summed E-state index contributed by atoms with van der Waals surface area (Å²) in [6.07, 6.45) is 1.38. The second kappa shape index (κ2) is 5.03. The summed E-state index contributed by atoms with van der Waals surface area (Å²) in [7, 11) is 0. The molecule has 7 nitrogen and oxygen atoms in total. The first kappa shape index (κ1) is 14.4. The van der Waals surface area contributed by atoms with E-state index in [-0.39, 0.29) is 18.0 Å². The molecule has 3 N–H and O–H groups in total. The highest BCUT2D eigenvalue weighted by atomic mass is 16.3. The molecule has 0 aliphatic heterocycles. The van der Waals surface area contributed by atoms with E-state index in [4.69, 9.17) is 5.73 Å². The van der Waals surface area contributed by atoms with E-state index in [1.165, 1.54) is 6.33 Å². The van der Waals surface area contributed by atoms with Gasteiger partial charge in [-0.2, -0.15) is 4.98 Å². The third-order valence-electron chi connectivity index (χ3n) is 3.78. The molecule has 0 radical (unpaired) electrons. The normalized spacial score (nSPS) is 12.0. The number of nitrogens with two attached hydrogens (primary N) is 1. The first-order chi connectivity index (χ1) is 10.4. The number of aliphatic hydroxyl groups excluding tert-OH is 1. The monoisotopic (exact) mass is 298 g/mol. The number of hydrogen-bond acceptors (Lipinski definition) is 6. The number of nitrogen functional groups attached to an aromatic ring is 1. The number of hydrogen-bond donors (Lipinski definition) is 2. The topological polar surface area (TPSA) is 103 Å². The summed E-state index contributed by atoms with van der Waals surface area (Å²) in [6.45, 7) is 5.92. The van der Waals surface area contributed by atoms with Crippen LogP contribution in [0.5, 0.6) is 0 Å². The Morgan fingerprint density at radius 3 is 2.68 bits per heavy atom. The number of imidazole rings is 1. The number of aliphatic hydroxyl groups is 1. The molecule has 22 heavy (non-hydrogen) atoms. The van der Waals surface area contributed by atoms with Crippen LogP contribution in [0.25, 0.3) is 17.0 Å². The molecule has 2 aromatic heterocycles. The highest BCUT2D eigenvalue weighted by Gasteiger charge is 2.21. The average Bonchev–Trinajstić information content (AvgIpc) is 2.82. The minimum atomic E-state index is -0.338. The SMILES string of the molecule is Cc1nc2ccc(C(C)(C)CO)cc2n1-c1ncnc(N)n1. The average molecular weight is 298 g/mol. The Morgan fingerprint density at radius 1 is 1.23 bits per heavy atom.